The molecule has 1 aliphatic heterocycles. The number of fused-ring (bicyclic) bond motifs is 1. The molecule has 0 radical (unpaired) electrons. The molecule has 0 N–H and O–H groups in total. The second-order valence-electron chi connectivity index (χ2n) is 5.20. The van der Waals surface area contributed by atoms with Crippen LogP contribution in [0.2, 0.25) is 0 Å². The van der Waals surface area contributed by atoms with E-state index in [1.54, 1.807) is 0 Å². The van der Waals surface area contributed by atoms with Crippen molar-refractivity contribution < 1.29 is 13.5 Å². The smallest absolute Gasteiger partial charge is 0.126 e. The maximum Gasteiger partial charge on any atom is 0.126 e. The van der Waals surface area contributed by atoms with Crippen LogP contribution in [-0.2, 0) is 4.74 Å². The third kappa shape index (κ3) is 2.10. The fraction of sp³-hybridized carbons (Fsp3) is 0.188. The summed E-state index contributed by atoms with van der Waals surface area (Å²) >= 11 is 0. The van der Waals surface area contributed by atoms with Crippen LogP contribution in [0.1, 0.15) is 6.04 Å². The molecule has 0 bridgehead atoms. The molecule has 0 amide bonds. The van der Waals surface area contributed by atoms with Crippen LogP contribution in [0.15, 0.2) is 42.6 Å². The molecule has 0 spiro atoms. The Morgan fingerprint density at radius 3 is 2.52 bits per heavy atom. The SMILES string of the molecule is Fc1cc(F)cc(-c2cccc3nn(C4COC4)cc23)c1. The Balaban J connectivity index is 1.89. The third-order valence-electron chi connectivity index (χ3n) is 3.74. The van der Waals surface area contributed by atoms with E-state index >= 15 is 0 Å². The van der Waals surface area contributed by atoms with Gasteiger partial charge in [-0.15, -0.1) is 0 Å². The van der Waals surface area contributed by atoms with E-state index in [2.05, 4.69) is 5.10 Å². The number of benzene rings is 2. The minimum absolute atomic E-state index is 0.245. The summed E-state index contributed by atoms with van der Waals surface area (Å²) in [5, 5.41) is 5.40. The molecule has 3 nitrogen and oxygen atoms in total. The third-order valence-corrected chi connectivity index (χ3v) is 3.74. The Morgan fingerprint density at radius 2 is 1.86 bits per heavy atom. The summed E-state index contributed by atoms with van der Waals surface area (Å²) in [7, 11) is 0. The van der Waals surface area contributed by atoms with Gasteiger partial charge >= 0.3 is 0 Å². The maximum absolute atomic E-state index is 13.4. The van der Waals surface area contributed by atoms with Gasteiger partial charge in [-0.05, 0) is 29.3 Å². The number of hydrogen-bond acceptors (Lipinski definition) is 2. The molecule has 5 heteroatoms. The number of hydrogen-bond donors (Lipinski definition) is 0. The Hall–Kier alpha value is -2.27. The molecule has 1 saturated heterocycles. The number of rotatable bonds is 2. The number of halogens is 2. The first-order valence-corrected chi connectivity index (χ1v) is 6.73. The molecule has 2 aromatic carbocycles. The van der Waals surface area contributed by atoms with Gasteiger partial charge in [-0.2, -0.15) is 5.10 Å². The predicted molar refractivity (Wildman–Crippen MR) is 74.9 cm³/mol. The zero-order valence-electron chi connectivity index (χ0n) is 11.1. The van der Waals surface area contributed by atoms with Crippen molar-refractivity contribution in [2.75, 3.05) is 13.2 Å². The van der Waals surface area contributed by atoms with E-state index in [0.717, 1.165) is 22.5 Å². The van der Waals surface area contributed by atoms with Gasteiger partial charge in [0.1, 0.15) is 11.6 Å². The summed E-state index contributed by atoms with van der Waals surface area (Å²) in [4.78, 5) is 0. The average molecular weight is 286 g/mol. The zero-order valence-corrected chi connectivity index (χ0v) is 11.1. The minimum atomic E-state index is -0.582. The van der Waals surface area contributed by atoms with Crippen LogP contribution < -0.4 is 0 Å². The highest BCUT2D eigenvalue weighted by Gasteiger charge is 2.22. The molecule has 0 atom stereocenters. The Bertz CT molecular complexity index is 804. The molecular formula is C16H12F2N2O. The lowest BCUT2D eigenvalue weighted by atomic mass is 10.0. The van der Waals surface area contributed by atoms with E-state index in [-0.39, 0.29) is 6.04 Å². The van der Waals surface area contributed by atoms with Gasteiger partial charge in [0.25, 0.3) is 0 Å². The molecule has 106 valence electrons. The second kappa shape index (κ2) is 4.63. The summed E-state index contributed by atoms with van der Waals surface area (Å²) < 4.78 is 33.9. The van der Waals surface area contributed by atoms with Crippen LogP contribution in [0.4, 0.5) is 8.78 Å². The van der Waals surface area contributed by atoms with Crippen molar-refractivity contribution in [2.24, 2.45) is 0 Å². The van der Waals surface area contributed by atoms with Crippen LogP contribution in [0.5, 0.6) is 0 Å². The van der Waals surface area contributed by atoms with Gasteiger partial charge < -0.3 is 4.74 Å². The van der Waals surface area contributed by atoms with Crippen LogP contribution in [-0.4, -0.2) is 23.0 Å². The normalized spacial score (nSPS) is 15.3. The van der Waals surface area contributed by atoms with Crippen molar-refractivity contribution in [3.05, 3.63) is 54.2 Å². The summed E-state index contributed by atoms with van der Waals surface area (Å²) in [6, 6.07) is 9.37. The van der Waals surface area contributed by atoms with Crippen molar-refractivity contribution >= 4 is 10.9 Å². The van der Waals surface area contributed by atoms with Crippen LogP contribution in [0.3, 0.4) is 0 Å². The molecule has 1 fully saturated rings. The standard InChI is InChI=1S/C16H12F2N2O/c17-11-4-10(5-12(18)6-11)14-2-1-3-16-15(14)7-20(19-16)13-8-21-9-13/h1-7,13H,8-9H2. The topological polar surface area (TPSA) is 27.1 Å². The highest BCUT2D eigenvalue weighted by molar-refractivity contribution is 5.94. The fourth-order valence-electron chi connectivity index (χ4n) is 2.59. The van der Waals surface area contributed by atoms with Crippen LogP contribution in [0.25, 0.3) is 22.0 Å². The summed E-state index contributed by atoms with van der Waals surface area (Å²) in [5.41, 5.74) is 2.10. The van der Waals surface area contributed by atoms with E-state index in [4.69, 9.17) is 4.74 Å². The van der Waals surface area contributed by atoms with Gasteiger partial charge in [0.05, 0.1) is 24.8 Å². The highest BCUT2D eigenvalue weighted by Crippen LogP contribution is 2.30. The maximum atomic E-state index is 13.4. The van der Waals surface area contributed by atoms with Gasteiger partial charge in [0.2, 0.25) is 0 Å². The number of aromatic nitrogens is 2. The quantitative estimate of drug-likeness (QED) is 0.720. The summed E-state index contributed by atoms with van der Waals surface area (Å²) in [6.45, 7) is 1.30. The van der Waals surface area contributed by atoms with E-state index in [1.165, 1.54) is 12.1 Å². The van der Waals surface area contributed by atoms with Gasteiger partial charge in [0, 0.05) is 17.6 Å². The lowest BCUT2D eigenvalue weighted by Gasteiger charge is -2.25. The monoisotopic (exact) mass is 286 g/mol. The fourth-order valence-corrected chi connectivity index (χ4v) is 2.59. The molecule has 3 aromatic rings. The summed E-state index contributed by atoms with van der Waals surface area (Å²) in [6.07, 6.45) is 1.92. The predicted octanol–water partition coefficient (Wildman–Crippen LogP) is 3.55. The molecular weight excluding hydrogens is 274 g/mol. The van der Waals surface area contributed by atoms with Crippen LogP contribution >= 0.6 is 0 Å². The van der Waals surface area contributed by atoms with Gasteiger partial charge in [-0.1, -0.05) is 12.1 Å². The van der Waals surface area contributed by atoms with Crippen molar-refractivity contribution in [3.63, 3.8) is 0 Å². The van der Waals surface area contributed by atoms with Gasteiger partial charge in [-0.25, -0.2) is 8.78 Å². The Morgan fingerprint density at radius 1 is 1.10 bits per heavy atom. The minimum Gasteiger partial charge on any atom is -0.377 e. The molecule has 0 saturated carbocycles. The lowest BCUT2D eigenvalue weighted by Crippen LogP contribution is -2.30. The van der Waals surface area contributed by atoms with Crippen molar-refractivity contribution in [2.45, 2.75) is 6.04 Å². The van der Waals surface area contributed by atoms with Gasteiger partial charge in [0.15, 0.2) is 0 Å². The second-order valence-corrected chi connectivity index (χ2v) is 5.20. The lowest BCUT2D eigenvalue weighted by molar-refractivity contribution is -0.0283. The van der Waals surface area contributed by atoms with Crippen LogP contribution in [0, 0.1) is 11.6 Å². The molecule has 0 unspecified atom stereocenters. The van der Waals surface area contributed by atoms with Crippen molar-refractivity contribution in [1.29, 1.82) is 0 Å². The Labute approximate surface area is 119 Å². The van der Waals surface area contributed by atoms with Gasteiger partial charge in [-0.3, -0.25) is 4.68 Å². The van der Waals surface area contributed by atoms with Crippen molar-refractivity contribution in [3.8, 4) is 11.1 Å². The van der Waals surface area contributed by atoms with E-state index < -0.39 is 11.6 Å². The zero-order chi connectivity index (χ0) is 14.4. The van der Waals surface area contributed by atoms with Crippen molar-refractivity contribution in [1.82, 2.24) is 9.78 Å². The van der Waals surface area contributed by atoms with E-state index in [1.807, 2.05) is 29.1 Å². The van der Waals surface area contributed by atoms with E-state index in [9.17, 15) is 8.78 Å². The summed E-state index contributed by atoms with van der Waals surface area (Å²) in [5.74, 6) is -1.16. The average Bonchev–Trinajstić information content (AvgIpc) is 2.78. The molecule has 1 aliphatic rings. The first-order valence-electron chi connectivity index (χ1n) is 6.73. The largest absolute Gasteiger partial charge is 0.377 e. The molecule has 21 heavy (non-hydrogen) atoms. The number of ether oxygens (including phenoxy) is 1. The highest BCUT2D eigenvalue weighted by atomic mass is 19.1. The first-order chi connectivity index (χ1) is 10.2. The molecule has 2 heterocycles. The molecule has 4 rings (SSSR count). The molecule has 1 aromatic heterocycles. The Kier molecular flexibility index (Phi) is 2.75. The number of nitrogens with zero attached hydrogens (tertiary/aromatic N) is 2. The first kappa shape index (κ1) is 12.5. The van der Waals surface area contributed by atoms with E-state index in [0.29, 0.717) is 18.8 Å². The molecule has 0 aliphatic carbocycles.